The first-order valence-electron chi connectivity index (χ1n) is 7.69. The monoisotopic (exact) mass is 338 g/mol. The Kier molecular flexibility index (Phi) is 4.86. The molecule has 3 rings (SSSR count). The van der Waals surface area contributed by atoms with Gasteiger partial charge in [-0.3, -0.25) is 0 Å². The molecule has 6 heteroatoms. The fourth-order valence-corrected chi connectivity index (χ4v) is 2.48. The van der Waals surface area contributed by atoms with E-state index in [0.29, 0.717) is 17.2 Å². The molecule has 24 heavy (non-hydrogen) atoms. The lowest BCUT2D eigenvalue weighted by Crippen LogP contribution is -1.96. The average molecular weight is 338 g/mol. The number of benzene rings is 2. The maximum atomic E-state index is 5.47. The molecular weight excluding hydrogens is 320 g/mol. The molecule has 1 aromatic heterocycles. The van der Waals surface area contributed by atoms with E-state index in [1.807, 2.05) is 62.4 Å². The molecule has 0 atom stereocenters. The van der Waals surface area contributed by atoms with Crippen molar-refractivity contribution >= 4 is 18.4 Å². The van der Waals surface area contributed by atoms with Gasteiger partial charge in [0.05, 0.1) is 12.8 Å². The van der Waals surface area contributed by atoms with E-state index in [2.05, 4.69) is 15.3 Å². The molecule has 0 radical (unpaired) electrons. The van der Waals surface area contributed by atoms with E-state index < -0.39 is 0 Å². The molecule has 0 spiro atoms. The molecule has 122 valence electrons. The second-order valence-corrected chi connectivity index (χ2v) is 5.61. The maximum absolute atomic E-state index is 5.47. The molecule has 0 saturated heterocycles. The Balaban J connectivity index is 1.94. The number of aromatic amines is 1. The summed E-state index contributed by atoms with van der Waals surface area (Å²) in [6.07, 6.45) is 1.79. The van der Waals surface area contributed by atoms with Crippen molar-refractivity contribution in [3.63, 3.8) is 0 Å². The molecule has 0 aliphatic carbocycles. The average Bonchev–Trinajstić information content (AvgIpc) is 2.96. The van der Waals surface area contributed by atoms with Gasteiger partial charge in [0.2, 0.25) is 4.77 Å². The normalized spacial score (nSPS) is 11.1. The number of nitrogens with zero attached hydrogens (tertiary/aromatic N) is 3. The Morgan fingerprint density at radius 3 is 2.67 bits per heavy atom. The lowest BCUT2D eigenvalue weighted by molar-refractivity contribution is 0.340. The van der Waals surface area contributed by atoms with E-state index in [4.69, 9.17) is 17.0 Å². The fourth-order valence-electron chi connectivity index (χ4n) is 2.30. The number of ether oxygens (including phenoxy) is 1. The van der Waals surface area contributed by atoms with Crippen LogP contribution in [0.5, 0.6) is 5.75 Å². The molecule has 0 fully saturated rings. The minimum absolute atomic E-state index is 0.448. The van der Waals surface area contributed by atoms with Crippen LogP contribution in [0.3, 0.4) is 0 Å². The Bertz CT molecular complexity index is 909. The smallest absolute Gasteiger partial charge is 0.216 e. The van der Waals surface area contributed by atoms with Gasteiger partial charge in [0.15, 0.2) is 5.82 Å². The zero-order valence-corrected chi connectivity index (χ0v) is 14.4. The van der Waals surface area contributed by atoms with Crippen molar-refractivity contribution in [3.05, 3.63) is 64.4 Å². The first kappa shape index (κ1) is 16.1. The van der Waals surface area contributed by atoms with E-state index in [1.165, 1.54) is 0 Å². The standard InChI is InChI=1S/C18H18N4OS/c1-3-23-16-10-8-14(9-11-16)17-20-21-18(24)22(17)19-12-15-7-5-4-6-13(15)2/h4-12H,3H2,1-2H3,(H,21,24)/b19-12-. The van der Waals surface area contributed by atoms with Crippen LogP contribution in [-0.2, 0) is 0 Å². The number of hydrogen-bond donors (Lipinski definition) is 1. The summed E-state index contributed by atoms with van der Waals surface area (Å²) in [7, 11) is 0. The van der Waals surface area contributed by atoms with Gasteiger partial charge in [-0.25, -0.2) is 5.10 Å². The lowest BCUT2D eigenvalue weighted by Gasteiger charge is -2.05. The molecule has 0 aliphatic heterocycles. The second-order valence-electron chi connectivity index (χ2n) is 5.22. The van der Waals surface area contributed by atoms with Crippen LogP contribution < -0.4 is 4.74 Å². The zero-order valence-electron chi connectivity index (χ0n) is 13.6. The predicted octanol–water partition coefficient (Wildman–Crippen LogP) is 4.20. The number of H-pyrrole nitrogens is 1. The van der Waals surface area contributed by atoms with Crippen molar-refractivity contribution < 1.29 is 4.74 Å². The van der Waals surface area contributed by atoms with Crippen LogP contribution in [0.15, 0.2) is 53.6 Å². The van der Waals surface area contributed by atoms with Gasteiger partial charge in [0.25, 0.3) is 0 Å². The fraction of sp³-hybridized carbons (Fsp3) is 0.167. The third-order valence-corrected chi connectivity index (χ3v) is 3.84. The van der Waals surface area contributed by atoms with E-state index in [9.17, 15) is 0 Å². The summed E-state index contributed by atoms with van der Waals surface area (Å²) < 4.78 is 7.54. The van der Waals surface area contributed by atoms with Gasteiger partial charge in [-0.15, -0.1) is 0 Å². The molecule has 0 aliphatic rings. The third-order valence-electron chi connectivity index (χ3n) is 3.57. The number of rotatable bonds is 5. The highest BCUT2D eigenvalue weighted by Crippen LogP contribution is 2.21. The van der Waals surface area contributed by atoms with E-state index >= 15 is 0 Å². The molecule has 1 heterocycles. The highest BCUT2D eigenvalue weighted by atomic mass is 32.1. The van der Waals surface area contributed by atoms with Crippen LogP contribution >= 0.6 is 12.2 Å². The second kappa shape index (κ2) is 7.23. The molecular formula is C18H18N4OS. The number of aromatic nitrogens is 3. The van der Waals surface area contributed by atoms with Crippen molar-refractivity contribution in [1.82, 2.24) is 14.9 Å². The number of nitrogens with one attached hydrogen (secondary N) is 1. The van der Waals surface area contributed by atoms with Crippen LogP contribution in [0.1, 0.15) is 18.1 Å². The molecule has 3 aromatic rings. The van der Waals surface area contributed by atoms with Crippen LogP contribution in [0.2, 0.25) is 0 Å². The van der Waals surface area contributed by atoms with Crippen LogP contribution in [0.25, 0.3) is 11.4 Å². The van der Waals surface area contributed by atoms with Crippen molar-refractivity contribution in [3.8, 4) is 17.1 Å². The summed E-state index contributed by atoms with van der Waals surface area (Å²) in [4.78, 5) is 0. The lowest BCUT2D eigenvalue weighted by atomic mass is 10.1. The molecule has 0 unspecified atom stereocenters. The highest BCUT2D eigenvalue weighted by Gasteiger charge is 2.08. The van der Waals surface area contributed by atoms with Crippen molar-refractivity contribution in [2.45, 2.75) is 13.8 Å². The third kappa shape index (κ3) is 3.44. The Morgan fingerprint density at radius 2 is 1.96 bits per heavy atom. The molecule has 0 amide bonds. The van der Waals surface area contributed by atoms with E-state index in [-0.39, 0.29) is 0 Å². The minimum Gasteiger partial charge on any atom is -0.494 e. The van der Waals surface area contributed by atoms with E-state index in [0.717, 1.165) is 22.4 Å². The Morgan fingerprint density at radius 1 is 1.21 bits per heavy atom. The van der Waals surface area contributed by atoms with Gasteiger partial charge in [-0.2, -0.15) is 14.9 Å². The summed E-state index contributed by atoms with van der Waals surface area (Å²) in [5.74, 6) is 1.48. The summed E-state index contributed by atoms with van der Waals surface area (Å²) >= 11 is 5.29. The number of hydrogen-bond acceptors (Lipinski definition) is 4. The van der Waals surface area contributed by atoms with Gasteiger partial charge in [-0.05, 0) is 61.5 Å². The summed E-state index contributed by atoms with van der Waals surface area (Å²) in [6.45, 7) is 4.64. The summed E-state index contributed by atoms with van der Waals surface area (Å²) in [5.41, 5.74) is 3.10. The molecule has 1 N–H and O–H groups in total. The molecule has 0 saturated carbocycles. The summed E-state index contributed by atoms with van der Waals surface area (Å²) in [6, 6.07) is 15.7. The molecule has 5 nitrogen and oxygen atoms in total. The predicted molar refractivity (Wildman–Crippen MR) is 98.2 cm³/mol. The van der Waals surface area contributed by atoms with Gasteiger partial charge < -0.3 is 4.74 Å². The Hall–Kier alpha value is -2.73. The topological polar surface area (TPSA) is 55.2 Å². The van der Waals surface area contributed by atoms with Gasteiger partial charge in [-0.1, -0.05) is 24.3 Å². The summed E-state index contributed by atoms with van der Waals surface area (Å²) in [5, 5.41) is 11.6. The molecule has 2 aromatic carbocycles. The quantitative estimate of drug-likeness (QED) is 0.560. The van der Waals surface area contributed by atoms with Crippen LogP contribution in [-0.4, -0.2) is 27.7 Å². The van der Waals surface area contributed by atoms with Gasteiger partial charge >= 0.3 is 0 Å². The minimum atomic E-state index is 0.448. The van der Waals surface area contributed by atoms with Gasteiger partial charge in [0.1, 0.15) is 5.75 Å². The van der Waals surface area contributed by atoms with Crippen molar-refractivity contribution in [1.29, 1.82) is 0 Å². The largest absolute Gasteiger partial charge is 0.494 e. The van der Waals surface area contributed by atoms with Crippen LogP contribution in [0, 0.1) is 11.7 Å². The highest BCUT2D eigenvalue weighted by molar-refractivity contribution is 7.71. The maximum Gasteiger partial charge on any atom is 0.216 e. The number of aryl methyl sites for hydroxylation is 1. The first-order chi connectivity index (χ1) is 11.7. The van der Waals surface area contributed by atoms with Crippen molar-refractivity contribution in [2.24, 2.45) is 5.10 Å². The van der Waals surface area contributed by atoms with E-state index in [1.54, 1.807) is 10.9 Å². The van der Waals surface area contributed by atoms with Crippen LogP contribution in [0.4, 0.5) is 0 Å². The SMILES string of the molecule is CCOc1ccc(-c2n[nH]c(=S)n2/N=C\c2ccccc2C)cc1. The Labute approximate surface area is 145 Å². The van der Waals surface area contributed by atoms with Crippen molar-refractivity contribution in [2.75, 3.05) is 6.61 Å². The first-order valence-corrected chi connectivity index (χ1v) is 8.10. The zero-order chi connectivity index (χ0) is 16.9. The molecule has 0 bridgehead atoms. The van der Waals surface area contributed by atoms with Gasteiger partial charge in [0, 0.05) is 5.56 Å².